The van der Waals surface area contributed by atoms with E-state index in [2.05, 4.69) is 20.3 Å². The van der Waals surface area contributed by atoms with Crippen molar-refractivity contribution in [3.05, 3.63) is 46.9 Å². The molecule has 0 radical (unpaired) electrons. The van der Waals surface area contributed by atoms with E-state index in [0.29, 0.717) is 11.1 Å². The van der Waals surface area contributed by atoms with Crippen LogP contribution >= 0.6 is 0 Å². The fourth-order valence-electron chi connectivity index (χ4n) is 2.31. The number of aromatic amines is 1. The average Bonchev–Trinajstić information content (AvgIpc) is 2.91. The number of carbonyl (C=O) groups excluding carboxylic acids is 3. The summed E-state index contributed by atoms with van der Waals surface area (Å²) < 4.78 is 17.6. The number of H-pyrrole nitrogens is 1. The van der Waals surface area contributed by atoms with E-state index in [9.17, 15) is 18.8 Å². The number of aromatic nitrogens is 2. The molecule has 8 nitrogen and oxygen atoms in total. The van der Waals surface area contributed by atoms with E-state index in [1.165, 1.54) is 6.92 Å². The third-order valence-corrected chi connectivity index (χ3v) is 3.49. The van der Waals surface area contributed by atoms with E-state index in [1.807, 2.05) is 0 Å². The molecule has 0 spiro atoms. The predicted octanol–water partition coefficient (Wildman–Crippen LogP) is 1.70. The number of ketones is 1. The van der Waals surface area contributed by atoms with Crippen LogP contribution in [0.2, 0.25) is 0 Å². The van der Waals surface area contributed by atoms with Crippen LogP contribution in [0.4, 0.5) is 15.0 Å². The molecule has 2 rings (SSSR count). The second kappa shape index (κ2) is 7.56. The van der Waals surface area contributed by atoms with Gasteiger partial charge in [-0.3, -0.25) is 14.7 Å². The third kappa shape index (κ3) is 4.63. The lowest BCUT2D eigenvalue weighted by molar-refractivity contribution is -0.125. The van der Waals surface area contributed by atoms with Gasteiger partial charge in [-0.2, -0.15) is 9.49 Å². The Balaban J connectivity index is 2.22. The first kappa shape index (κ1) is 18.1. The second-order valence-electron chi connectivity index (χ2n) is 5.39. The Morgan fingerprint density at radius 2 is 2.12 bits per heavy atom. The van der Waals surface area contributed by atoms with Crippen molar-refractivity contribution in [3.63, 3.8) is 0 Å². The van der Waals surface area contributed by atoms with Crippen molar-refractivity contribution < 1.29 is 23.5 Å². The molecule has 0 bridgehead atoms. The van der Waals surface area contributed by atoms with Crippen LogP contribution in [-0.4, -0.2) is 34.1 Å². The van der Waals surface area contributed by atoms with Crippen molar-refractivity contribution in [1.82, 2.24) is 10.2 Å². The van der Waals surface area contributed by atoms with Crippen molar-refractivity contribution >= 4 is 23.6 Å². The minimum Gasteiger partial charge on any atom is -0.439 e. The van der Waals surface area contributed by atoms with Crippen LogP contribution in [0.3, 0.4) is 0 Å². The molecule has 0 saturated heterocycles. The van der Waals surface area contributed by atoms with Crippen LogP contribution < -0.4 is 11.1 Å². The highest BCUT2D eigenvalue weighted by Gasteiger charge is 2.21. The summed E-state index contributed by atoms with van der Waals surface area (Å²) in [5.74, 6) is -1.61. The first-order chi connectivity index (χ1) is 11.8. The molecular formula is C16H17FN4O4. The molecule has 132 valence electrons. The predicted molar refractivity (Wildman–Crippen MR) is 86.5 cm³/mol. The van der Waals surface area contributed by atoms with Crippen molar-refractivity contribution in [2.45, 2.75) is 26.4 Å². The number of rotatable bonds is 6. The van der Waals surface area contributed by atoms with Gasteiger partial charge in [0, 0.05) is 18.1 Å². The van der Waals surface area contributed by atoms with Crippen LogP contribution in [-0.2, 0) is 16.0 Å². The fraction of sp³-hybridized carbons (Fsp3) is 0.250. The minimum atomic E-state index is -1.05. The van der Waals surface area contributed by atoms with E-state index in [1.54, 1.807) is 25.1 Å². The monoisotopic (exact) mass is 348 g/mol. The zero-order valence-corrected chi connectivity index (χ0v) is 13.6. The van der Waals surface area contributed by atoms with Gasteiger partial charge in [0.2, 0.25) is 5.95 Å². The zero-order valence-electron chi connectivity index (χ0n) is 13.6. The minimum absolute atomic E-state index is 0.0217. The maximum atomic E-state index is 12.9. The number of amides is 2. The lowest BCUT2D eigenvalue weighted by Crippen LogP contribution is -2.29. The van der Waals surface area contributed by atoms with Gasteiger partial charge in [0.25, 0.3) is 5.91 Å². The summed E-state index contributed by atoms with van der Waals surface area (Å²) >= 11 is 0. The molecule has 2 aromatic rings. The molecule has 1 heterocycles. The number of nitrogens with two attached hydrogens (primary N) is 1. The lowest BCUT2D eigenvalue weighted by atomic mass is 9.96. The molecule has 25 heavy (non-hydrogen) atoms. The second-order valence-corrected chi connectivity index (χ2v) is 5.39. The molecule has 0 aliphatic rings. The Morgan fingerprint density at radius 1 is 1.40 bits per heavy atom. The summed E-state index contributed by atoms with van der Waals surface area (Å²) in [6, 6.07) is 6.05. The molecule has 1 unspecified atom stereocenters. The summed E-state index contributed by atoms with van der Waals surface area (Å²) in [5, 5.41) is 8.12. The molecule has 0 fully saturated rings. The molecule has 1 atom stereocenters. The molecule has 1 aromatic carbocycles. The first-order valence-corrected chi connectivity index (χ1v) is 7.37. The third-order valence-electron chi connectivity index (χ3n) is 3.49. The van der Waals surface area contributed by atoms with Gasteiger partial charge in [-0.15, -0.1) is 0 Å². The van der Waals surface area contributed by atoms with Crippen molar-refractivity contribution in [2.75, 3.05) is 5.32 Å². The molecule has 2 amide bonds. The number of Topliss-reactive ketones (excluding diaryl/α,β-unsaturated/α-hetero) is 1. The maximum absolute atomic E-state index is 12.9. The first-order valence-electron chi connectivity index (χ1n) is 7.37. The number of hydrogen-bond acceptors (Lipinski definition) is 5. The van der Waals surface area contributed by atoms with Gasteiger partial charge in [0.15, 0.2) is 17.7 Å². The van der Waals surface area contributed by atoms with Gasteiger partial charge in [-0.1, -0.05) is 18.2 Å². The van der Waals surface area contributed by atoms with Crippen LogP contribution in [0.5, 0.6) is 0 Å². The molecule has 9 heteroatoms. The Morgan fingerprint density at radius 3 is 2.72 bits per heavy atom. The number of benzene rings is 1. The fourth-order valence-corrected chi connectivity index (χ4v) is 2.31. The molecule has 0 saturated carbocycles. The van der Waals surface area contributed by atoms with Crippen molar-refractivity contribution in [3.8, 4) is 0 Å². The van der Waals surface area contributed by atoms with Crippen molar-refractivity contribution in [2.24, 2.45) is 5.73 Å². The summed E-state index contributed by atoms with van der Waals surface area (Å²) in [7, 11) is 0. The van der Waals surface area contributed by atoms with E-state index < -0.39 is 29.8 Å². The Kier molecular flexibility index (Phi) is 5.48. The summed E-state index contributed by atoms with van der Waals surface area (Å²) in [6.07, 6.45) is -2.22. The molecular weight excluding hydrogens is 331 g/mol. The van der Waals surface area contributed by atoms with E-state index in [0.717, 1.165) is 6.07 Å². The Labute approximate surface area is 142 Å². The quantitative estimate of drug-likeness (QED) is 0.732. The number of aryl methyl sites for hydroxylation is 1. The highest BCUT2D eigenvalue weighted by atomic mass is 19.1. The van der Waals surface area contributed by atoms with Crippen molar-refractivity contribution in [1.29, 1.82) is 0 Å². The number of hydrogen-bond donors (Lipinski definition) is 3. The molecule has 1 aromatic heterocycles. The molecule has 4 N–H and O–H groups in total. The maximum Gasteiger partial charge on any atom is 0.405 e. The number of nitrogens with zero attached hydrogens (tertiary/aromatic N) is 1. The number of halogens is 1. The van der Waals surface area contributed by atoms with E-state index in [4.69, 9.17) is 5.73 Å². The van der Waals surface area contributed by atoms with Gasteiger partial charge < -0.3 is 15.8 Å². The van der Waals surface area contributed by atoms with Gasteiger partial charge >= 0.3 is 6.09 Å². The standard InChI is InChI=1S/C16H17FN4O4/c1-8-4-3-5-10(6-11(22)9(2)25-16(18)24)14(8)15(23)19-13-7-12(17)20-21-13/h3-5,7,9H,6H2,1-2H3,(H2,18,24)(H2,19,20,21,23). The van der Waals surface area contributed by atoms with E-state index >= 15 is 0 Å². The van der Waals surface area contributed by atoms with Crippen LogP contribution in [0, 0.1) is 12.9 Å². The number of primary amides is 1. The van der Waals surface area contributed by atoms with Crippen LogP contribution in [0.15, 0.2) is 24.3 Å². The van der Waals surface area contributed by atoms with E-state index in [-0.39, 0.29) is 17.8 Å². The molecule has 0 aliphatic carbocycles. The normalized spacial score (nSPS) is 11.6. The van der Waals surface area contributed by atoms with Crippen LogP contribution in [0.1, 0.15) is 28.4 Å². The summed E-state index contributed by atoms with van der Waals surface area (Å²) in [5.41, 5.74) is 6.24. The Bertz CT molecular complexity index is 818. The lowest BCUT2D eigenvalue weighted by Gasteiger charge is -2.14. The SMILES string of the molecule is Cc1cccc(CC(=O)C(C)OC(N)=O)c1C(=O)Nc1cc(F)[nH]n1. The number of nitrogens with one attached hydrogen (secondary N) is 2. The van der Waals surface area contributed by atoms with Crippen LogP contribution in [0.25, 0.3) is 0 Å². The topological polar surface area (TPSA) is 127 Å². The number of anilines is 1. The molecule has 0 aliphatic heterocycles. The Hall–Kier alpha value is -3.23. The van der Waals surface area contributed by atoms with Gasteiger partial charge in [-0.05, 0) is 25.0 Å². The summed E-state index contributed by atoms with van der Waals surface area (Å²) in [4.78, 5) is 35.4. The van der Waals surface area contributed by atoms with Gasteiger partial charge in [-0.25, -0.2) is 4.79 Å². The number of ether oxygens (including phenoxy) is 1. The highest BCUT2D eigenvalue weighted by Crippen LogP contribution is 2.18. The zero-order chi connectivity index (χ0) is 18.6. The largest absolute Gasteiger partial charge is 0.439 e. The van der Waals surface area contributed by atoms with Gasteiger partial charge in [0.05, 0.1) is 0 Å². The smallest absolute Gasteiger partial charge is 0.405 e. The van der Waals surface area contributed by atoms with Gasteiger partial charge in [0.1, 0.15) is 0 Å². The number of carbonyl (C=O) groups is 3. The average molecular weight is 348 g/mol. The highest BCUT2D eigenvalue weighted by molar-refractivity contribution is 6.06. The summed E-state index contributed by atoms with van der Waals surface area (Å²) in [6.45, 7) is 3.10.